The number of benzene rings is 1. The summed E-state index contributed by atoms with van der Waals surface area (Å²) in [5, 5.41) is 3.12. The molecule has 1 nitrogen and oxygen atoms in total. The van der Waals surface area contributed by atoms with Crippen molar-refractivity contribution in [1.29, 1.82) is 0 Å². The Morgan fingerprint density at radius 1 is 1.31 bits per heavy atom. The van der Waals surface area contributed by atoms with Crippen molar-refractivity contribution in [1.82, 2.24) is 5.32 Å². The molecule has 1 saturated carbocycles. The Balaban J connectivity index is 2.15. The second-order valence-corrected chi connectivity index (χ2v) is 4.73. The second kappa shape index (κ2) is 4.96. The molecule has 0 radical (unpaired) electrons. The van der Waals surface area contributed by atoms with Gasteiger partial charge in [-0.25, -0.2) is 4.39 Å². The van der Waals surface area contributed by atoms with Gasteiger partial charge in [0.25, 0.3) is 0 Å². The minimum Gasteiger partial charge on any atom is -0.319 e. The third-order valence-corrected chi connectivity index (χ3v) is 3.50. The summed E-state index contributed by atoms with van der Waals surface area (Å²) >= 11 is 0. The van der Waals surface area contributed by atoms with Crippen LogP contribution in [0.2, 0.25) is 0 Å². The van der Waals surface area contributed by atoms with Crippen LogP contribution in [0.3, 0.4) is 0 Å². The standard InChI is InChI=1S/C14H20FN/c1-16-10-7-12-5-4-6-13(11-12)14(15)8-2-3-9-14/h4-6,11,16H,2-3,7-10H2,1H3. The molecule has 0 unspecified atom stereocenters. The van der Waals surface area contributed by atoms with Gasteiger partial charge in [0.05, 0.1) is 0 Å². The van der Waals surface area contributed by atoms with E-state index in [1.807, 2.05) is 25.2 Å². The van der Waals surface area contributed by atoms with Gasteiger partial charge in [0.1, 0.15) is 5.67 Å². The van der Waals surface area contributed by atoms with Gasteiger partial charge >= 0.3 is 0 Å². The van der Waals surface area contributed by atoms with Gasteiger partial charge in [-0.05, 0) is 56.8 Å². The number of rotatable bonds is 4. The molecule has 1 aromatic rings. The summed E-state index contributed by atoms with van der Waals surface area (Å²) < 4.78 is 14.5. The van der Waals surface area contributed by atoms with E-state index in [0.717, 1.165) is 31.4 Å². The Hall–Kier alpha value is -0.890. The van der Waals surface area contributed by atoms with Crippen LogP contribution in [-0.2, 0) is 12.1 Å². The van der Waals surface area contributed by atoms with Gasteiger partial charge in [-0.1, -0.05) is 24.3 Å². The fourth-order valence-corrected chi connectivity index (χ4v) is 2.50. The molecule has 0 bridgehead atoms. The first-order chi connectivity index (χ1) is 7.74. The first-order valence-corrected chi connectivity index (χ1v) is 6.17. The molecule has 16 heavy (non-hydrogen) atoms. The summed E-state index contributed by atoms with van der Waals surface area (Å²) in [5.74, 6) is 0. The van der Waals surface area contributed by atoms with Crippen LogP contribution in [0.5, 0.6) is 0 Å². The van der Waals surface area contributed by atoms with Crippen molar-refractivity contribution in [2.75, 3.05) is 13.6 Å². The fourth-order valence-electron chi connectivity index (χ4n) is 2.50. The minimum absolute atomic E-state index is 0.697. The first-order valence-electron chi connectivity index (χ1n) is 6.17. The third kappa shape index (κ3) is 2.43. The van der Waals surface area contributed by atoms with E-state index in [9.17, 15) is 4.39 Å². The molecule has 1 fully saturated rings. The van der Waals surface area contributed by atoms with E-state index in [0.29, 0.717) is 12.8 Å². The molecule has 2 heteroatoms. The normalized spacial score (nSPS) is 18.9. The van der Waals surface area contributed by atoms with Gasteiger partial charge in [-0.15, -0.1) is 0 Å². The number of alkyl halides is 1. The highest BCUT2D eigenvalue weighted by Gasteiger charge is 2.35. The Labute approximate surface area is 97.1 Å². The summed E-state index contributed by atoms with van der Waals surface area (Å²) in [7, 11) is 1.94. The van der Waals surface area contributed by atoms with Crippen molar-refractivity contribution in [2.45, 2.75) is 37.8 Å². The average Bonchev–Trinajstić information content (AvgIpc) is 2.75. The van der Waals surface area contributed by atoms with E-state index in [4.69, 9.17) is 0 Å². The van der Waals surface area contributed by atoms with Crippen LogP contribution in [0, 0.1) is 0 Å². The van der Waals surface area contributed by atoms with Crippen molar-refractivity contribution in [2.24, 2.45) is 0 Å². The van der Waals surface area contributed by atoms with Gasteiger partial charge in [0, 0.05) is 0 Å². The highest BCUT2D eigenvalue weighted by Crippen LogP contribution is 2.42. The quantitative estimate of drug-likeness (QED) is 0.823. The van der Waals surface area contributed by atoms with Crippen LogP contribution in [0.15, 0.2) is 24.3 Å². The zero-order valence-corrected chi connectivity index (χ0v) is 9.93. The van der Waals surface area contributed by atoms with E-state index in [1.165, 1.54) is 5.56 Å². The van der Waals surface area contributed by atoms with Crippen LogP contribution >= 0.6 is 0 Å². The predicted octanol–water partition coefficient (Wildman–Crippen LogP) is 3.19. The highest BCUT2D eigenvalue weighted by molar-refractivity contribution is 5.29. The van der Waals surface area contributed by atoms with Gasteiger partial charge in [-0.2, -0.15) is 0 Å². The number of hydrogen-bond donors (Lipinski definition) is 1. The maximum Gasteiger partial charge on any atom is 0.136 e. The topological polar surface area (TPSA) is 12.0 Å². The van der Waals surface area contributed by atoms with Gasteiger partial charge in [0.2, 0.25) is 0 Å². The molecule has 0 spiro atoms. The van der Waals surface area contributed by atoms with Crippen LogP contribution in [-0.4, -0.2) is 13.6 Å². The summed E-state index contributed by atoms with van der Waals surface area (Å²) in [6.45, 7) is 0.947. The molecule has 1 aliphatic rings. The lowest BCUT2D eigenvalue weighted by Crippen LogP contribution is -2.16. The Bertz CT molecular complexity index is 342. The van der Waals surface area contributed by atoms with E-state index < -0.39 is 5.67 Å². The lowest BCUT2D eigenvalue weighted by molar-refractivity contribution is 0.174. The first kappa shape index (κ1) is 11.6. The molecule has 0 aromatic heterocycles. The van der Waals surface area contributed by atoms with Crippen molar-refractivity contribution >= 4 is 0 Å². The molecule has 1 aliphatic carbocycles. The fraction of sp³-hybridized carbons (Fsp3) is 0.571. The van der Waals surface area contributed by atoms with Crippen LogP contribution in [0.1, 0.15) is 36.8 Å². The Morgan fingerprint density at radius 2 is 2.06 bits per heavy atom. The molecule has 1 aromatic carbocycles. The molecule has 0 atom stereocenters. The van der Waals surface area contributed by atoms with Gasteiger partial charge in [-0.3, -0.25) is 0 Å². The summed E-state index contributed by atoms with van der Waals surface area (Å²) in [6.07, 6.45) is 4.42. The van der Waals surface area contributed by atoms with Crippen molar-refractivity contribution < 1.29 is 4.39 Å². The highest BCUT2D eigenvalue weighted by atomic mass is 19.1. The average molecular weight is 221 g/mol. The largest absolute Gasteiger partial charge is 0.319 e. The van der Waals surface area contributed by atoms with Crippen LogP contribution in [0.4, 0.5) is 4.39 Å². The monoisotopic (exact) mass is 221 g/mol. The Morgan fingerprint density at radius 3 is 2.75 bits per heavy atom. The van der Waals surface area contributed by atoms with E-state index >= 15 is 0 Å². The van der Waals surface area contributed by atoms with E-state index in [1.54, 1.807) is 0 Å². The number of hydrogen-bond acceptors (Lipinski definition) is 1. The SMILES string of the molecule is CNCCc1cccc(C2(F)CCCC2)c1. The zero-order chi connectivity index (χ0) is 11.4. The maximum atomic E-state index is 14.5. The van der Waals surface area contributed by atoms with Gasteiger partial charge in [0.15, 0.2) is 0 Å². The maximum absolute atomic E-state index is 14.5. The van der Waals surface area contributed by atoms with Gasteiger partial charge < -0.3 is 5.32 Å². The van der Waals surface area contributed by atoms with Crippen LogP contribution in [0.25, 0.3) is 0 Å². The summed E-state index contributed by atoms with van der Waals surface area (Å²) in [4.78, 5) is 0. The molecular formula is C14H20FN. The lowest BCUT2D eigenvalue weighted by atomic mass is 9.92. The molecule has 2 rings (SSSR count). The molecule has 0 saturated heterocycles. The zero-order valence-electron chi connectivity index (χ0n) is 9.93. The van der Waals surface area contributed by atoms with Crippen molar-refractivity contribution in [3.63, 3.8) is 0 Å². The minimum atomic E-state index is -1.05. The number of nitrogens with one attached hydrogen (secondary N) is 1. The molecule has 0 heterocycles. The smallest absolute Gasteiger partial charge is 0.136 e. The van der Waals surface area contributed by atoms with E-state index in [2.05, 4.69) is 11.4 Å². The molecule has 0 amide bonds. The van der Waals surface area contributed by atoms with Crippen molar-refractivity contribution in [3.05, 3.63) is 35.4 Å². The Kier molecular flexibility index (Phi) is 3.59. The summed E-state index contributed by atoms with van der Waals surface area (Å²) in [5.41, 5.74) is 1.07. The van der Waals surface area contributed by atoms with Crippen molar-refractivity contribution in [3.8, 4) is 0 Å². The third-order valence-electron chi connectivity index (χ3n) is 3.50. The van der Waals surface area contributed by atoms with Crippen LogP contribution < -0.4 is 5.32 Å². The number of likely N-dealkylation sites (N-methyl/N-ethyl adjacent to an activating group) is 1. The lowest BCUT2D eigenvalue weighted by Gasteiger charge is -2.20. The van der Waals surface area contributed by atoms with E-state index in [-0.39, 0.29) is 0 Å². The molecule has 1 N–H and O–H groups in total. The molecule has 88 valence electrons. The summed E-state index contributed by atoms with van der Waals surface area (Å²) in [6, 6.07) is 8.05. The second-order valence-electron chi connectivity index (χ2n) is 4.73. The molecular weight excluding hydrogens is 201 g/mol. The number of halogens is 1. The predicted molar refractivity (Wildman–Crippen MR) is 65.3 cm³/mol. The molecule has 0 aliphatic heterocycles.